The summed E-state index contributed by atoms with van der Waals surface area (Å²) in [7, 11) is 0. The minimum Gasteiger partial charge on any atom is -0.323 e. The molecular weight excluding hydrogens is 214 g/mol. The van der Waals surface area contributed by atoms with E-state index in [2.05, 4.69) is 45.0 Å². The van der Waals surface area contributed by atoms with Crippen molar-refractivity contribution in [2.24, 2.45) is 5.73 Å². The summed E-state index contributed by atoms with van der Waals surface area (Å²) in [5, 5.41) is 0.709. The molecule has 2 N–H and O–H groups in total. The number of benzene rings is 1. The Bertz CT molecular complexity index is 311. The monoisotopic (exact) mass is 237 g/mol. The van der Waals surface area contributed by atoms with Gasteiger partial charge in [0.15, 0.2) is 0 Å². The third kappa shape index (κ3) is 4.18. The van der Waals surface area contributed by atoms with Crippen LogP contribution in [-0.4, -0.2) is 11.0 Å². The van der Waals surface area contributed by atoms with E-state index in [9.17, 15) is 0 Å². The third-order valence-corrected chi connectivity index (χ3v) is 4.38. The summed E-state index contributed by atoms with van der Waals surface area (Å²) in [5.41, 5.74) is 8.85. The summed E-state index contributed by atoms with van der Waals surface area (Å²) >= 11 is 1.97. The normalized spacial score (nSPS) is 14.8. The number of aryl methyl sites for hydroxylation is 1. The van der Waals surface area contributed by atoms with E-state index in [0.29, 0.717) is 5.25 Å². The molecule has 0 heterocycles. The van der Waals surface area contributed by atoms with Crippen molar-refractivity contribution in [1.29, 1.82) is 0 Å². The molecule has 0 amide bonds. The van der Waals surface area contributed by atoms with Crippen molar-refractivity contribution in [1.82, 2.24) is 0 Å². The second-order valence-electron chi connectivity index (χ2n) is 4.26. The maximum Gasteiger partial charge on any atom is 0.0386 e. The topological polar surface area (TPSA) is 26.0 Å². The van der Waals surface area contributed by atoms with Gasteiger partial charge in [-0.2, -0.15) is 11.8 Å². The van der Waals surface area contributed by atoms with Gasteiger partial charge in [-0.1, -0.05) is 45.0 Å². The van der Waals surface area contributed by atoms with Crippen molar-refractivity contribution < 1.29 is 0 Å². The molecule has 0 fully saturated rings. The average Bonchev–Trinajstić information content (AvgIpc) is 2.35. The van der Waals surface area contributed by atoms with E-state index < -0.39 is 0 Å². The molecule has 1 rings (SSSR count). The van der Waals surface area contributed by atoms with E-state index in [1.165, 1.54) is 17.5 Å². The molecule has 0 aromatic heterocycles. The van der Waals surface area contributed by atoms with E-state index in [-0.39, 0.29) is 6.04 Å². The number of hydrogen-bond donors (Lipinski definition) is 1. The Labute approximate surface area is 104 Å². The fraction of sp³-hybridized carbons (Fsp3) is 0.571. The molecule has 0 saturated heterocycles. The molecule has 16 heavy (non-hydrogen) atoms. The van der Waals surface area contributed by atoms with Crippen molar-refractivity contribution in [2.75, 3.05) is 5.75 Å². The van der Waals surface area contributed by atoms with Gasteiger partial charge in [-0.15, -0.1) is 0 Å². The molecule has 1 aromatic carbocycles. The van der Waals surface area contributed by atoms with Gasteiger partial charge in [0.05, 0.1) is 0 Å². The number of rotatable bonds is 6. The highest BCUT2D eigenvalue weighted by molar-refractivity contribution is 7.99. The fourth-order valence-electron chi connectivity index (χ4n) is 1.53. The summed E-state index contributed by atoms with van der Waals surface area (Å²) < 4.78 is 0. The van der Waals surface area contributed by atoms with Gasteiger partial charge < -0.3 is 5.73 Å². The van der Waals surface area contributed by atoms with Crippen LogP contribution in [0.2, 0.25) is 0 Å². The molecular formula is C14H23NS. The molecule has 1 aromatic rings. The largest absolute Gasteiger partial charge is 0.323 e. The predicted octanol–water partition coefficient (Wildman–Crippen LogP) is 3.78. The van der Waals surface area contributed by atoms with Gasteiger partial charge in [0, 0.05) is 17.0 Å². The molecule has 90 valence electrons. The maximum atomic E-state index is 6.20. The predicted molar refractivity (Wildman–Crippen MR) is 75.0 cm³/mol. The first kappa shape index (κ1) is 13.6. The summed E-state index contributed by atoms with van der Waals surface area (Å²) in [6.45, 7) is 6.67. The molecule has 0 bridgehead atoms. The van der Waals surface area contributed by atoms with Crippen LogP contribution < -0.4 is 5.73 Å². The van der Waals surface area contributed by atoms with Gasteiger partial charge in [0.2, 0.25) is 0 Å². The van der Waals surface area contributed by atoms with Gasteiger partial charge in [-0.05, 0) is 24.0 Å². The summed E-state index contributed by atoms with van der Waals surface area (Å²) in [5.74, 6) is 1.02. The van der Waals surface area contributed by atoms with Crippen molar-refractivity contribution in [2.45, 2.75) is 44.9 Å². The summed E-state index contributed by atoms with van der Waals surface area (Å²) in [6.07, 6.45) is 2.30. The van der Waals surface area contributed by atoms with Crippen molar-refractivity contribution in [3.63, 3.8) is 0 Å². The zero-order valence-corrected chi connectivity index (χ0v) is 11.4. The third-order valence-electron chi connectivity index (χ3n) is 2.92. The van der Waals surface area contributed by atoms with E-state index in [4.69, 9.17) is 5.73 Å². The van der Waals surface area contributed by atoms with Gasteiger partial charge >= 0.3 is 0 Å². The minimum absolute atomic E-state index is 0.172. The zero-order valence-electron chi connectivity index (χ0n) is 10.6. The molecule has 0 saturated carbocycles. The van der Waals surface area contributed by atoms with E-state index >= 15 is 0 Å². The minimum atomic E-state index is 0.172. The van der Waals surface area contributed by atoms with Crippen molar-refractivity contribution >= 4 is 11.8 Å². The van der Waals surface area contributed by atoms with Crippen LogP contribution in [0, 0.1) is 0 Å². The Balaban J connectivity index is 2.54. The fourth-order valence-corrected chi connectivity index (χ4v) is 2.49. The van der Waals surface area contributed by atoms with Crippen LogP contribution in [0.4, 0.5) is 0 Å². The first-order valence-electron chi connectivity index (χ1n) is 6.13. The zero-order chi connectivity index (χ0) is 12.0. The Morgan fingerprint density at radius 3 is 2.69 bits per heavy atom. The van der Waals surface area contributed by atoms with Crippen LogP contribution in [-0.2, 0) is 6.42 Å². The van der Waals surface area contributed by atoms with Crippen LogP contribution in [0.25, 0.3) is 0 Å². The molecule has 0 aliphatic heterocycles. The van der Waals surface area contributed by atoms with Crippen LogP contribution in [0.5, 0.6) is 0 Å². The van der Waals surface area contributed by atoms with Crippen LogP contribution >= 0.6 is 11.8 Å². The Morgan fingerprint density at radius 1 is 1.31 bits per heavy atom. The molecule has 0 aliphatic rings. The Kier molecular flexibility index (Phi) is 5.93. The van der Waals surface area contributed by atoms with Gasteiger partial charge in [-0.25, -0.2) is 0 Å². The van der Waals surface area contributed by atoms with Crippen molar-refractivity contribution in [3.05, 3.63) is 35.4 Å². The van der Waals surface area contributed by atoms with Crippen LogP contribution in [0.15, 0.2) is 24.3 Å². The van der Waals surface area contributed by atoms with Gasteiger partial charge in [-0.3, -0.25) is 0 Å². The van der Waals surface area contributed by atoms with E-state index in [1.54, 1.807) is 0 Å². The maximum absolute atomic E-state index is 6.20. The van der Waals surface area contributed by atoms with Gasteiger partial charge in [0.25, 0.3) is 0 Å². The Morgan fingerprint density at radius 2 is 2.06 bits per heavy atom. The second-order valence-corrected chi connectivity index (χ2v) is 5.73. The highest BCUT2D eigenvalue weighted by atomic mass is 32.2. The second kappa shape index (κ2) is 6.97. The molecule has 0 radical (unpaired) electrons. The number of nitrogens with two attached hydrogens (primary N) is 1. The van der Waals surface area contributed by atoms with E-state index in [1.807, 2.05) is 11.8 Å². The summed E-state index contributed by atoms with van der Waals surface area (Å²) in [6, 6.07) is 8.83. The lowest BCUT2D eigenvalue weighted by Gasteiger charge is -2.15. The highest BCUT2D eigenvalue weighted by Crippen LogP contribution is 2.21. The average molecular weight is 237 g/mol. The standard InChI is InChI=1S/C14H23NS/c1-4-11(3)16-10-14(15)13-8-6-7-12(5-2)9-13/h6-9,11,14H,4-5,10,15H2,1-3H3. The van der Waals surface area contributed by atoms with Crippen molar-refractivity contribution in [3.8, 4) is 0 Å². The van der Waals surface area contributed by atoms with Gasteiger partial charge in [0.1, 0.15) is 0 Å². The smallest absolute Gasteiger partial charge is 0.0386 e. The lowest BCUT2D eigenvalue weighted by Crippen LogP contribution is -2.14. The lowest BCUT2D eigenvalue weighted by molar-refractivity contribution is 0.818. The van der Waals surface area contributed by atoms with Crippen LogP contribution in [0.1, 0.15) is 44.4 Å². The van der Waals surface area contributed by atoms with E-state index in [0.717, 1.165) is 12.2 Å². The molecule has 1 nitrogen and oxygen atoms in total. The lowest BCUT2D eigenvalue weighted by atomic mass is 10.0. The number of thioether (sulfide) groups is 1. The number of hydrogen-bond acceptors (Lipinski definition) is 2. The summed E-state index contributed by atoms with van der Waals surface area (Å²) in [4.78, 5) is 0. The quantitative estimate of drug-likeness (QED) is 0.815. The first-order valence-corrected chi connectivity index (χ1v) is 7.18. The molecule has 2 unspecified atom stereocenters. The highest BCUT2D eigenvalue weighted by Gasteiger charge is 2.08. The van der Waals surface area contributed by atoms with Crippen LogP contribution in [0.3, 0.4) is 0 Å². The molecule has 0 aliphatic carbocycles. The Hall–Kier alpha value is -0.470. The molecule has 0 spiro atoms. The first-order chi connectivity index (χ1) is 7.67. The SMILES string of the molecule is CCc1cccc(C(N)CSC(C)CC)c1. The molecule has 2 atom stereocenters. The molecule has 2 heteroatoms.